The fraction of sp³-hybridized carbons (Fsp3) is 0.609. The molecule has 2 amide bonds. The number of methoxy groups -OCH3 is 2. The third kappa shape index (κ3) is 7.32. The van der Waals surface area contributed by atoms with Crippen LogP contribution in [0.1, 0.15) is 52.1 Å². The molecule has 178 valence electrons. The van der Waals surface area contributed by atoms with E-state index in [0.29, 0.717) is 30.9 Å². The van der Waals surface area contributed by atoms with Gasteiger partial charge in [-0.1, -0.05) is 0 Å². The molecule has 2 rings (SSSR count). The van der Waals surface area contributed by atoms with Crippen LogP contribution < -0.4 is 14.8 Å². The van der Waals surface area contributed by atoms with Crippen molar-refractivity contribution in [1.29, 1.82) is 0 Å². The van der Waals surface area contributed by atoms with E-state index in [4.69, 9.17) is 18.9 Å². The molecule has 2 unspecified atom stereocenters. The maximum Gasteiger partial charge on any atom is 0.410 e. The number of amides is 2. The maximum atomic E-state index is 12.5. The van der Waals surface area contributed by atoms with Crippen LogP contribution in [0.5, 0.6) is 11.5 Å². The second kappa shape index (κ2) is 11.1. The Balaban J connectivity index is 1.87. The molecule has 1 aliphatic heterocycles. The number of carbonyl (C=O) groups excluding carboxylic acids is 3. The minimum atomic E-state index is -0.606. The van der Waals surface area contributed by atoms with Gasteiger partial charge in [0.05, 0.1) is 26.2 Å². The number of likely N-dealkylation sites (tertiary alicyclic amines) is 1. The van der Waals surface area contributed by atoms with E-state index in [1.54, 1.807) is 60.1 Å². The third-order valence-electron chi connectivity index (χ3n) is 5.03. The molecule has 0 aromatic heterocycles. The zero-order valence-electron chi connectivity index (χ0n) is 19.7. The minimum Gasteiger partial charge on any atom is -0.497 e. The summed E-state index contributed by atoms with van der Waals surface area (Å²) in [6.45, 7) is 7.52. The van der Waals surface area contributed by atoms with E-state index in [0.717, 1.165) is 5.56 Å². The van der Waals surface area contributed by atoms with Crippen LogP contribution in [-0.4, -0.2) is 62.4 Å². The van der Waals surface area contributed by atoms with Gasteiger partial charge in [0, 0.05) is 18.7 Å². The van der Waals surface area contributed by atoms with Gasteiger partial charge in [-0.15, -0.1) is 0 Å². The van der Waals surface area contributed by atoms with Gasteiger partial charge in [-0.05, 0) is 58.7 Å². The standard InChI is InChI=1S/C23H34N2O7/c1-15(18-12-17(29-5)9-10-19(18)30-6)24-20(26)14-31-21(27)16-8-7-11-25(13-16)22(28)32-23(2,3)4/h9-10,12,15-16H,7-8,11,13-14H2,1-6H3,(H,24,26). The van der Waals surface area contributed by atoms with Gasteiger partial charge in [-0.25, -0.2) is 4.79 Å². The second-order valence-corrected chi connectivity index (χ2v) is 8.77. The molecule has 0 radical (unpaired) electrons. The second-order valence-electron chi connectivity index (χ2n) is 8.77. The van der Waals surface area contributed by atoms with Gasteiger partial charge in [0.25, 0.3) is 5.91 Å². The summed E-state index contributed by atoms with van der Waals surface area (Å²) in [4.78, 5) is 38.6. The van der Waals surface area contributed by atoms with Gasteiger partial charge in [0.1, 0.15) is 17.1 Å². The molecular formula is C23H34N2O7. The quantitative estimate of drug-likeness (QED) is 0.637. The smallest absolute Gasteiger partial charge is 0.410 e. The first kappa shape index (κ1) is 25.3. The molecule has 0 spiro atoms. The van der Waals surface area contributed by atoms with Crippen LogP contribution in [0.15, 0.2) is 18.2 Å². The number of piperidine rings is 1. The van der Waals surface area contributed by atoms with Crippen molar-refractivity contribution in [3.05, 3.63) is 23.8 Å². The van der Waals surface area contributed by atoms with Crippen LogP contribution >= 0.6 is 0 Å². The number of nitrogens with zero attached hydrogens (tertiary/aromatic N) is 1. The Kier molecular flexibility index (Phi) is 8.74. The van der Waals surface area contributed by atoms with Crippen LogP contribution in [0.25, 0.3) is 0 Å². The van der Waals surface area contributed by atoms with Crippen molar-refractivity contribution in [2.24, 2.45) is 5.92 Å². The lowest BCUT2D eigenvalue weighted by atomic mass is 9.98. The summed E-state index contributed by atoms with van der Waals surface area (Å²) in [6, 6.07) is 4.92. The lowest BCUT2D eigenvalue weighted by Gasteiger charge is -2.33. The first-order valence-corrected chi connectivity index (χ1v) is 10.7. The average molecular weight is 451 g/mol. The Morgan fingerprint density at radius 3 is 2.53 bits per heavy atom. The predicted molar refractivity (Wildman–Crippen MR) is 118 cm³/mol. The van der Waals surface area contributed by atoms with Crippen molar-refractivity contribution >= 4 is 18.0 Å². The number of nitrogens with one attached hydrogen (secondary N) is 1. The minimum absolute atomic E-state index is 0.215. The summed E-state index contributed by atoms with van der Waals surface area (Å²) >= 11 is 0. The Morgan fingerprint density at radius 1 is 1.19 bits per heavy atom. The number of benzene rings is 1. The lowest BCUT2D eigenvalue weighted by molar-refractivity contribution is -0.154. The highest BCUT2D eigenvalue weighted by molar-refractivity contribution is 5.82. The van der Waals surface area contributed by atoms with Gasteiger partial charge in [-0.3, -0.25) is 9.59 Å². The van der Waals surface area contributed by atoms with Crippen molar-refractivity contribution in [3.8, 4) is 11.5 Å². The predicted octanol–water partition coefficient (Wildman–Crippen LogP) is 3.07. The fourth-order valence-corrected chi connectivity index (χ4v) is 3.46. The third-order valence-corrected chi connectivity index (χ3v) is 5.03. The Bertz CT molecular complexity index is 819. The molecule has 1 aromatic rings. The summed E-state index contributed by atoms with van der Waals surface area (Å²) in [5, 5.41) is 2.80. The SMILES string of the molecule is COc1ccc(OC)c(C(C)NC(=O)COC(=O)C2CCCN(C(=O)OC(C)(C)C)C2)c1. The first-order chi connectivity index (χ1) is 15.0. The number of esters is 1. The van der Waals surface area contributed by atoms with E-state index in [1.165, 1.54) is 4.90 Å². The van der Waals surface area contributed by atoms with Crippen LogP contribution in [-0.2, 0) is 19.1 Å². The maximum absolute atomic E-state index is 12.5. The van der Waals surface area contributed by atoms with E-state index >= 15 is 0 Å². The number of rotatable bonds is 7. The normalized spacial score (nSPS) is 17.2. The first-order valence-electron chi connectivity index (χ1n) is 10.7. The lowest BCUT2D eigenvalue weighted by Crippen LogP contribution is -2.45. The monoisotopic (exact) mass is 450 g/mol. The van der Waals surface area contributed by atoms with E-state index in [9.17, 15) is 14.4 Å². The summed E-state index contributed by atoms with van der Waals surface area (Å²) < 4.78 is 21.2. The number of carbonyl (C=O) groups is 3. The van der Waals surface area contributed by atoms with Crippen molar-refractivity contribution < 1.29 is 33.3 Å². The molecule has 1 aromatic carbocycles. The molecule has 9 heteroatoms. The van der Waals surface area contributed by atoms with Crippen LogP contribution in [0.2, 0.25) is 0 Å². The van der Waals surface area contributed by atoms with E-state index in [1.807, 2.05) is 0 Å². The van der Waals surface area contributed by atoms with Crippen LogP contribution in [0, 0.1) is 5.92 Å². The van der Waals surface area contributed by atoms with Crippen molar-refractivity contribution in [2.45, 2.75) is 52.2 Å². The number of hydrogen-bond donors (Lipinski definition) is 1. The molecule has 9 nitrogen and oxygen atoms in total. The summed E-state index contributed by atoms with van der Waals surface area (Å²) in [6.07, 6.45) is 0.809. The van der Waals surface area contributed by atoms with Crippen LogP contribution in [0.4, 0.5) is 4.79 Å². The van der Waals surface area contributed by atoms with Gasteiger partial charge in [-0.2, -0.15) is 0 Å². The molecule has 1 N–H and O–H groups in total. The molecule has 0 bridgehead atoms. The summed E-state index contributed by atoms with van der Waals surface area (Å²) in [5.41, 5.74) is 0.136. The van der Waals surface area contributed by atoms with Gasteiger partial charge >= 0.3 is 12.1 Å². The molecular weight excluding hydrogens is 416 g/mol. The van der Waals surface area contributed by atoms with Gasteiger partial charge in [0.2, 0.25) is 0 Å². The van der Waals surface area contributed by atoms with Crippen molar-refractivity contribution in [2.75, 3.05) is 33.9 Å². The number of hydrogen-bond acceptors (Lipinski definition) is 7. The van der Waals surface area contributed by atoms with Gasteiger partial charge in [0.15, 0.2) is 6.61 Å². The van der Waals surface area contributed by atoms with Crippen molar-refractivity contribution in [3.63, 3.8) is 0 Å². The summed E-state index contributed by atoms with van der Waals surface area (Å²) in [5.74, 6) is -0.171. The highest BCUT2D eigenvalue weighted by atomic mass is 16.6. The molecule has 0 saturated carbocycles. The van der Waals surface area contributed by atoms with Crippen molar-refractivity contribution in [1.82, 2.24) is 10.2 Å². The number of ether oxygens (including phenoxy) is 4. The zero-order chi connectivity index (χ0) is 23.9. The Labute approximate surface area is 189 Å². The topological polar surface area (TPSA) is 103 Å². The van der Waals surface area contributed by atoms with Gasteiger partial charge < -0.3 is 29.2 Å². The highest BCUT2D eigenvalue weighted by Gasteiger charge is 2.32. The fourth-order valence-electron chi connectivity index (χ4n) is 3.46. The van der Waals surface area contributed by atoms with E-state index in [2.05, 4.69) is 5.32 Å². The molecule has 1 heterocycles. The molecule has 1 saturated heterocycles. The molecule has 1 fully saturated rings. The van der Waals surface area contributed by atoms with E-state index in [-0.39, 0.29) is 12.6 Å². The largest absolute Gasteiger partial charge is 0.497 e. The molecule has 0 aliphatic carbocycles. The van der Waals surface area contributed by atoms with E-state index < -0.39 is 36.1 Å². The highest BCUT2D eigenvalue weighted by Crippen LogP contribution is 2.29. The Morgan fingerprint density at radius 2 is 1.91 bits per heavy atom. The Hall–Kier alpha value is -2.97. The average Bonchev–Trinajstić information content (AvgIpc) is 2.75. The molecule has 2 atom stereocenters. The molecule has 32 heavy (non-hydrogen) atoms. The molecule has 1 aliphatic rings. The zero-order valence-corrected chi connectivity index (χ0v) is 19.7. The summed E-state index contributed by atoms with van der Waals surface area (Å²) in [7, 11) is 3.11. The van der Waals surface area contributed by atoms with Crippen LogP contribution in [0.3, 0.4) is 0 Å².